The van der Waals surface area contributed by atoms with Crippen LogP contribution < -0.4 is 20.7 Å². The summed E-state index contributed by atoms with van der Waals surface area (Å²) in [5, 5.41) is 17.5. The standard InChI is InChI=1S/C28H32N4O5/c33-25(15-10-22-8-4-17-29-20-22)32-27(28(36)30-18-16-21-6-2-1-3-7-21)31-23-11-13-24(14-12-23)37-19-5-9-26(34)35/h1-4,6-8,11-14,17,20,27,31H,5,9-10,15-16,18-19H2,(H,30,36)(H,32,33)(H,34,35). The fourth-order valence-electron chi connectivity index (χ4n) is 3.51. The zero-order chi connectivity index (χ0) is 26.3. The summed E-state index contributed by atoms with van der Waals surface area (Å²) >= 11 is 0. The summed E-state index contributed by atoms with van der Waals surface area (Å²) in [5.74, 6) is -0.892. The second kappa shape index (κ2) is 14.9. The van der Waals surface area contributed by atoms with Gasteiger partial charge in [0, 0.05) is 37.5 Å². The zero-order valence-electron chi connectivity index (χ0n) is 20.6. The number of hydrogen-bond acceptors (Lipinski definition) is 6. The van der Waals surface area contributed by atoms with Crippen LogP contribution in [-0.4, -0.2) is 47.2 Å². The van der Waals surface area contributed by atoms with Gasteiger partial charge in [0.15, 0.2) is 6.17 Å². The van der Waals surface area contributed by atoms with Gasteiger partial charge in [-0.3, -0.25) is 19.4 Å². The number of aliphatic carboxylic acids is 1. The molecule has 0 saturated carbocycles. The molecule has 0 fully saturated rings. The van der Waals surface area contributed by atoms with E-state index >= 15 is 0 Å². The van der Waals surface area contributed by atoms with Crippen molar-refractivity contribution in [2.75, 3.05) is 18.5 Å². The molecule has 37 heavy (non-hydrogen) atoms. The molecule has 1 aromatic heterocycles. The second-order valence-corrected chi connectivity index (χ2v) is 8.40. The molecule has 1 atom stereocenters. The summed E-state index contributed by atoms with van der Waals surface area (Å²) in [6.45, 7) is 0.716. The molecule has 0 aliphatic heterocycles. The molecule has 194 valence electrons. The topological polar surface area (TPSA) is 130 Å². The largest absolute Gasteiger partial charge is 0.494 e. The van der Waals surface area contributed by atoms with Gasteiger partial charge in [-0.05, 0) is 60.7 Å². The van der Waals surface area contributed by atoms with Crippen LogP contribution in [0.25, 0.3) is 0 Å². The Labute approximate surface area is 216 Å². The molecule has 1 unspecified atom stereocenters. The molecule has 3 rings (SSSR count). The number of pyridine rings is 1. The molecule has 0 spiro atoms. The number of aromatic nitrogens is 1. The van der Waals surface area contributed by atoms with Crippen molar-refractivity contribution in [3.63, 3.8) is 0 Å². The number of hydrogen-bond donors (Lipinski definition) is 4. The van der Waals surface area contributed by atoms with E-state index in [1.165, 1.54) is 0 Å². The third kappa shape index (κ3) is 10.4. The highest BCUT2D eigenvalue weighted by molar-refractivity contribution is 5.89. The normalized spacial score (nSPS) is 11.2. The Hall–Kier alpha value is -4.40. The van der Waals surface area contributed by atoms with Gasteiger partial charge in [0.05, 0.1) is 6.61 Å². The van der Waals surface area contributed by atoms with E-state index in [0.29, 0.717) is 43.9 Å². The Morgan fingerprint density at radius 3 is 2.35 bits per heavy atom. The lowest BCUT2D eigenvalue weighted by Gasteiger charge is -2.21. The predicted octanol–water partition coefficient (Wildman–Crippen LogP) is 3.17. The van der Waals surface area contributed by atoms with Gasteiger partial charge >= 0.3 is 5.97 Å². The molecule has 2 aromatic carbocycles. The maximum Gasteiger partial charge on any atom is 0.303 e. The lowest BCUT2D eigenvalue weighted by atomic mass is 10.1. The van der Waals surface area contributed by atoms with Crippen LogP contribution in [0.15, 0.2) is 79.1 Å². The average molecular weight is 505 g/mol. The van der Waals surface area contributed by atoms with Crippen molar-refractivity contribution >= 4 is 23.5 Å². The van der Waals surface area contributed by atoms with Crippen molar-refractivity contribution in [1.29, 1.82) is 0 Å². The molecular formula is C28H32N4O5. The van der Waals surface area contributed by atoms with Crippen LogP contribution in [0.2, 0.25) is 0 Å². The van der Waals surface area contributed by atoms with E-state index in [0.717, 1.165) is 11.1 Å². The van der Waals surface area contributed by atoms with E-state index in [9.17, 15) is 14.4 Å². The number of benzene rings is 2. The van der Waals surface area contributed by atoms with Gasteiger partial charge in [-0.2, -0.15) is 0 Å². The molecule has 0 radical (unpaired) electrons. The number of nitrogens with one attached hydrogen (secondary N) is 3. The molecule has 9 nitrogen and oxygen atoms in total. The predicted molar refractivity (Wildman–Crippen MR) is 140 cm³/mol. The van der Waals surface area contributed by atoms with Crippen molar-refractivity contribution in [2.24, 2.45) is 0 Å². The summed E-state index contributed by atoms with van der Waals surface area (Å²) in [7, 11) is 0. The van der Waals surface area contributed by atoms with Crippen molar-refractivity contribution in [2.45, 2.75) is 38.3 Å². The Kier molecular flexibility index (Phi) is 10.9. The highest BCUT2D eigenvalue weighted by Crippen LogP contribution is 2.17. The van der Waals surface area contributed by atoms with E-state index < -0.39 is 12.1 Å². The number of carbonyl (C=O) groups excluding carboxylic acids is 2. The molecule has 4 N–H and O–H groups in total. The van der Waals surface area contributed by atoms with E-state index in [2.05, 4.69) is 20.9 Å². The first-order valence-corrected chi connectivity index (χ1v) is 12.2. The Morgan fingerprint density at radius 2 is 1.65 bits per heavy atom. The number of anilines is 1. The lowest BCUT2D eigenvalue weighted by molar-refractivity contribution is -0.137. The number of rotatable bonds is 15. The average Bonchev–Trinajstić information content (AvgIpc) is 2.91. The van der Waals surface area contributed by atoms with Crippen LogP contribution in [0.5, 0.6) is 5.75 Å². The Morgan fingerprint density at radius 1 is 0.892 bits per heavy atom. The van der Waals surface area contributed by atoms with E-state index in [1.807, 2.05) is 42.5 Å². The SMILES string of the molecule is O=C(O)CCCOc1ccc(NC(NC(=O)CCc2cccnc2)C(=O)NCCc2ccccc2)cc1. The fraction of sp³-hybridized carbons (Fsp3) is 0.286. The summed E-state index contributed by atoms with van der Waals surface area (Å²) in [4.78, 5) is 40.3. The summed E-state index contributed by atoms with van der Waals surface area (Å²) in [6.07, 6.45) is 4.26. The Balaban J connectivity index is 1.57. The molecular weight excluding hydrogens is 472 g/mol. The quantitative estimate of drug-likeness (QED) is 0.185. The number of amides is 2. The first-order valence-electron chi connectivity index (χ1n) is 12.2. The van der Waals surface area contributed by atoms with Gasteiger partial charge in [-0.25, -0.2) is 0 Å². The minimum atomic E-state index is -0.973. The first-order chi connectivity index (χ1) is 18.0. The molecule has 1 heterocycles. The molecule has 0 aliphatic rings. The van der Waals surface area contributed by atoms with E-state index in [4.69, 9.17) is 9.84 Å². The number of nitrogens with zero attached hydrogens (tertiary/aromatic N) is 1. The molecule has 0 saturated heterocycles. The number of ether oxygens (including phenoxy) is 1. The van der Waals surface area contributed by atoms with Crippen LogP contribution >= 0.6 is 0 Å². The van der Waals surface area contributed by atoms with E-state index in [-0.39, 0.29) is 24.7 Å². The van der Waals surface area contributed by atoms with Crippen LogP contribution in [-0.2, 0) is 27.2 Å². The van der Waals surface area contributed by atoms with Gasteiger partial charge in [0.25, 0.3) is 5.91 Å². The molecule has 9 heteroatoms. The smallest absolute Gasteiger partial charge is 0.303 e. The van der Waals surface area contributed by atoms with Crippen molar-refractivity contribution in [3.8, 4) is 5.75 Å². The fourth-order valence-corrected chi connectivity index (χ4v) is 3.51. The highest BCUT2D eigenvalue weighted by atomic mass is 16.5. The van der Waals surface area contributed by atoms with Crippen LogP contribution in [0, 0.1) is 0 Å². The molecule has 0 bridgehead atoms. The zero-order valence-corrected chi connectivity index (χ0v) is 20.6. The number of carbonyl (C=O) groups is 3. The summed E-state index contributed by atoms with van der Waals surface area (Å²) in [6, 6.07) is 20.4. The Bertz CT molecular complexity index is 1120. The minimum Gasteiger partial charge on any atom is -0.494 e. The molecule has 0 aliphatic carbocycles. The highest BCUT2D eigenvalue weighted by Gasteiger charge is 2.20. The van der Waals surface area contributed by atoms with Crippen LogP contribution in [0.4, 0.5) is 5.69 Å². The van der Waals surface area contributed by atoms with E-state index in [1.54, 1.807) is 36.7 Å². The monoisotopic (exact) mass is 504 g/mol. The second-order valence-electron chi connectivity index (χ2n) is 8.40. The lowest BCUT2D eigenvalue weighted by Crippen LogP contribution is -2.51. The van der Waals surface area contributed by atoms with Gasteiger partial charge in [-0.1, -0.05) is 36.4 Å². The van der Waals surface area contributed by atoms with Gasteiger partial charge in [0.1, 0.15) is 5.75 Å². The number of carboxylic acid groups (broad SMARTS) is 1. The molecule has 3 aromatic rings. The van der Waals surface area contributed by atoms with Gasteiger partial charge in [0.2, 0.25) is 5.91 Å². The third-order valence-electron chi connectivity index (χ3n) is 5.46. The maximum atomic E-state index is 13.0. The van der Waals surface area contributed by atoms with Gasteiger partial charge < -0.3 is 25.8 Å². The maximum absolute atomic E-state index is 13.0. The third-order valence-corrected chi connectivity index (χ3v) is 5.46. The van der Waals surface area contributed by atoms with Crippen molar-refractivity contribution in [3.05, 3.63) is 90.3 Å². The van der Waals surface area contributed by atoms with Gasteiger partial charge in [-0.15, -0.1) is 0 Å². The van der Waals surface area contributed by atoms with Crippen LogP contribution in [0.1, 0.15) is 30.4 Å². The summed E-state index contributed by atoms with van der Waals surface area (Å²) in [5.41, 5.74) is 2.66. The number of aryl methyl sites for hydroxylation is 1. The number of carboxylic acids is 1. The van der Waals surface area contributed by atoms with Crippen molar-refractivity contribution < 1.29 is 24.2 Å². The first kappa shape index (κ1) is 27.2. The van der Waals surface area contributed by atoms with Crippen LogP contribution in [0.3, 0.4) is 0 Å². The van der Waals surface area contributed by atoms with Crippen molar-refractivity contribution in [1.82, 2.24) is 15.6 Å². The molecule has 2 amide bonds. The minimum absolute atomic E-state index is 0.0428. The summed E-state index contributed by atoms with van der Waals surface area (Å²) < 4.78 is 5.55.